The zero-order chi connectivity index (χ0) is 9.26. The first-order chi connectivity index (χ1) is 6.31. The van der Waals surface area contributed by atoms with E-state index < -0.39 is 0 Å². The molecule has 0 radical (unpaired) electrons. The van der Waals surface area contributed by atoms with Crippen molar-refractivity contribution in [2.45, 2.75) is 13.3 Å². The fraction of sp³-hybridized carbons (Fsp3) is 0.273. The van der Waals surface area contributed by atoms with Gasteiger partial charge in [-0.3, -0.25) is 0 Å². The van der Waals surface area contributed by atoms with Crippen LogP contribution in [-0.2, 0) is 6.42 Å². The Morgan fingerprint density at radius 2 is 2.23 bits per heavy atom. The molecule has 0 saturated carbocycles. The van der Waals surface area contributed by atoms with E-state index in [0.717, 1.165) is 13.0 Å². The van der Waals surface area contributed by atoms with Crippen LogP contribution in [0, 0.1) is 6.92 Å². The van der Waals surface area contributed by atoms with E-state index in [-0.39, 0.29) is 0 Å². The van der Waals surface area contributed by atoms with E-state index >= 15 is 0 Å². The van der Waals surface area contributed by atoms with Crippen LogP contribution in [0.25, 0.3) is 10.1 Å². The van der Waals surface area contributed by atoms with E-state index in [1.165, 1.54) is 21.2 Å². The highest BCUT2D eigenvalue weighted by Crippen LogP contribution is 2.26. The summed E-state index contributed by atoms with van der Waals surface area (Å²) in [7, 11) is 0. The Morgan fingerprint density at radius 1 is 1.38 bits per heavy atom. The standard InChI is InChI=1S/C11H13NS/c1-8-2-3-11-10(6-8)9(4-5-12)7-13-11/h2-3,6-7H,4-5,12H2,1H3. The highest BCUT2D eigenvalue weighted by atomic mass is 32.1. The molecule has 1 heterocycles. The second-order valence-electron chi connectivity index (χ2n) is 3.30. The fourth-order valence-electron chi connectivity index (χ4n) is 1.54. The summed E-state index contributed by atoms with van der Waals surface area (Å²) in [6.07, 6.45) is 0.990. The molecule has 0 fully saturated rings. The summed E-state index contributed by atoms with van der Waals surface area (Å²) < 4.78 is 1.37. The van der Waals surface area contributed by atoms with Gasteiger partial charge in [0.1, 0.15) is 0 Å². The highest BCUT2D eigenvalue weighted by molar-refractivity contribution is 7.17. The molecular weight excluding hydrogens is 178 g/mol. The fourth-order valence-corrected chi connectivity index (χ4v) is 2.52. The van der Waals surface area contributed by atoms with Gasteiger partial charge in [0.05, 0.1) is 0 Å². The maximum atomic E-state index is 5.55. The number of rotatable bonds is 2. The first kappa shape index (κ1) is 8.73. The van der Waals surface area contributed by atoms with Gasteiger partial charge in [0.2, 0.25) is 0 Å². The van der Waals surface area contributed by atoms with Crippen LogP contribution in [0.4, 0.5) is 0 Å². The quantitative estimate of drug-likeness (QED) is 0.776. The lowest BCUT2D eigenvalue weighted by Gasteiger charge is -1.97. The maximum absolute atomic E-state index is 5.55. The molecule has 0 amide bonds. The molecule has 13 heavy (non-hydrogen) atoms. The summed E-state index contributed by atoms with van der Waals surface area (Å²) in [5, 5.41) is 3.60. The van der Waals surface area contributed by atoms with Crippen molar-refractivity contribution in [1.82, 2.24) is 0 Å². The Hall–Kier alpha value is -0.860. The summed E-state index contributed by atoms with van der Waals surface area (Å²) in [5.74, 6) is 0. The van der Waals surface area contributed by atoms with E-state index in [1.54, 1.807) is 0 Å². The smallest absolute Gasteiger partial charge is 0.0345 e. The van der Waals surface area contributed by atoms with Crippen LogP contribution >= 0.6 is 11.3 Å². The van der Waals surface area contributed by atoms with E-state index in [1.807, 2.05) is 11.3 Å². The highest BCUT2D eigenvalue weighted by Gasteiger charge is 2.02. The van der Waals surface area contributed by atoms with Gasteiger partial charge in [-0.2, -0.15) is 0 Å². The molecule has 2 aromatic rings. The van der Waals surface area contributed by atoms with Crippen molar-refractivity contribution in [2.24, 2.45) is 5.73 Å². The number of fused-ring (bicyclic) bond motifs is 1. The molecule has 0 aliphatic carbocycles. The minimum absolute atomic E-state index is 0.736. The van der Waals surface area contributed by atoms with Gasteiger partial charge in [0, 0.05) is 4.70 Å². The lowest BCUT2D eigenvalue weighted by Crippen LogP contribution is -2.01. The average Bonchev–Trinajstić information content (AvgIpc) is 2.49. The molecule has 0 saturated heterocycles. The lowest BCUT2D eigenvalue weighted by atomic mass is 10.1. The summed E-state index contributed by atoms with van der Waals surface area (Å²) >= 11 is 1.81. The Morgan fingerprint density at radius 3 is 3.00 bits per heavy atom. The van der Waals surface area contributed by atoms with Crippen LogP contribution < -0.4 is 5.73 Å². The molecule has 0 bridgehead atoms. The molecule has 0 atom stereocenters. The van der Waals surface area contributed by atoms with Crippen molar-refractivity contribution in [2.75, 3.05) is 6.54 Å². The van der Waals surface area contributed by atoms with Gasteiger partial charge >= 0.3 is 0 Å². The van der Waals surface area contributed by atoms with Crippen LogP contribution in [0.2, 0.25) is 0 Å². The van der Waals surface area contributed by atoms with Crippen LogP contribution in [0.5, 0.6) is 0 Å². The van der Waals surface area contributed by atoms with Crippen molar-refractivity contribution in [1.29, 1.82) is 0 Å². The molecule has 0 aliphatic heterocycles. The summed E-state index contributed by atoms with van der Waals surface area (Å²) in [4.78, 5) is 0. The van der Waals surface area contributed by atoms with Crippen LogP contribution in [-0.4, -0.2) is 6.54 Å². The lowest BCUT2D eigenvalue weighted by molar-refractivity contribution is 0.981. The predicted molar refractivity (Wildman–Crippen MR) is 59.3 cm³/mol. The summed E-state index contributed by atoms with van der Waals surface area (Å²) in [6.45, 7) is 2.86. The molecule has 1 nitrogen and oxygen atoms in total. The Bertz CT molecular complexity index is 417. The first-order valence-corrected chi connectivity index (χ1v) is 5.36. The first-order valence-electron chi connectivity index (χ1n) is 4.48. The van der Waals surface area contributed by atoms with Gasteiger partial charge in [-0.15, -0.1) is 11.3 Å². The summed E-state index contributed by atoms with van der Waals surface area (Å²) in [5.41, 5.74) is 8.27. The summed E-state index contributed by atoms with van der Waals surface area (Å²) in [6, 6.07) is 6.59. The molecule has 2 N–H and O–H groups in total. The van der Waals surface area contributed by atoms with Crippen molar-refractivity contribution < 1.29 is 0 Å². The molecular formula is C11H13NS. The minimum Gasteiger partial charge on any atom is -0.330 e. The average molecular weight is 191 g/mol. The molecule has 68 valence electrons. The van der Waals surface area contributed by atoms with Crippen molar-refractivity contribution in [3.05, 3.63) is 34.7 Å². The maximum Gasteiger partial charge on any atom is 0.0345 e. The zero-order valence-electron chi connectivity index (χ0n) is 7.71. The normalized spacial score (nSPS) is 10.9. The van der Waals surface area contributed by atoms with E-state index in [2.05, 4.69) is 30.5 Å². The minimum atomic E-state index is 0.736. The number of thiophene rings is 1. The predicted octanol–water partition coefficient (Wildman–Crippen LogP) is 2.71. The van der Waals surface area contributed by atoms with Gasteiger partial charge in [0.25, 0.3) is 0 Å². The van der Waals surface area contributed by atoms with Gasteiger partial charge in [-0.05, 0) is 42.3 Å². The number of nitrogens with two attached hydrogens (primary N) is 1. The van der Waals surface area contributed by atoms with Crippen LogP contribution in [0.15, 0.2) is 23.6 Å². The molecule has 2 rings (SSSR count). The monoisotopic (exact) mass is 191 g/mol. The van der Waals surface area contributed by atoms with Crippen LogP contribution in [0.1, 0.15) is 11.1 Å². The van der Waals surface area contributed by atoms with Gasteiger partial charge in [0.15, 0.2) is 0 Å². The number of hydrogen-bond acceptors (Lipinski definition) is 2. The third kappa shape index (κ3) is 1.60. The third-order valence-corrected chi connectivity index (χ3v) is 3.24. The Labute approximate surface area is 82.2 Å². The van der Waals surface area contributed by atoms with E-state index in [9.17, 15) is 0 Å². The number of benzene rings is 1. The van der Waals surface area contributed by atoms with Crippen molar-refractivity contribution >= 4 is 21.4 Å². The zero-order valence-corrected chi connectivity index (χ0v) is 8.53. The van der Waals surface area contributed by atoms with Crippen LogP contribution in [0.3, 0.4) is 0 Å². The second-order valence-corrected chi connectivity index (χ2v) is 4.21. The topological polar surface area (TPSA) is 26.0 Å². The largest absolute Gasteiger partial charge is 0.330 e. The SMILES string of the molecule is Cc1ccc2scc(CCN)c2c1. The molecule has 1 aromatic carbocycles. The van der Waals surface area contributed by atoms with Gasteiger partial charge in [-0.25, -0.2) is 0 Å². The van der Waals surface area contributed by atoms with E-state index in [4.69, 9.17) is 5.73 Å². The molecule has 2 heteroatoms. The van der Waals surface area contributed by atoms with E-state index in [0.29, 0.717) is 0 Å². The molecule has 1 aromatic heterocycles. The third-order valence-electron chi connectivity index (χ3n) is 2.22. The molecule has 0 spiro atoms. The Kier molecular flexibility index (Phi) is 2.34. The number of hydrogen-bond donors (Lipinski definition) is 1. The molecule has 0 unspecified atom stereocenters. The number of aryl methyl sites for hydroxylation is 1. The second kappa shape index (κ2) is 3.48. The van der Waals surface area contributed by atoms with Crippen molar-refractivity contribution in [3.8, 4) is 0 Å². The van der Waals surface area contributed by atoms with Gasteiger partial charge < -0.3 is 5.73 Å². The van der Waals surface area contributed by atoms with Crippen molar-refractivity contribution in [3.63, 3.8) is 0 Å². The Balaban J connectivity index is 2.58. The molecule has 0 aliphatic rings. The van der Waals surface area contributed by atoms with Gasteiger partial charge in [-0.1, -0.05) is 17.7 Å².